The summed E-state index contributed by atoms with van der Waals surface area (Å²) in [7, 11) is 6.42. The maximum Gasteiger partial charge on any atom is 0.312 e. The number of hydrogen-bond acceptors (Lipinski definition) is 9. The Balaban J connectivity index is 1.19. The molecule has 0 aromatic heterocycles. The van der Waals surface area contributed by atoms with Crippen LogP contribution in [0, 0.1) is 11.8 Å². The summed E-state index contributed by atoms with van der Waals surface area (Å²) in [6.07, 6.45) is 3.95. The van der Waals surface area contributed by atoms with Crippen molar-refractivity contribution in [2.75, 3.05) is 33.3 Å². The lowest BCUT2D eigenvalue weighted by Crippen LogP contribution is -2.47. The van der Waals surface area contributed by atoms with Gasteiger partial charge in [0.25, 0.3) is 5.91 Å². The molecule has 1 saturated carbocycles. The Morgan fingerprint density at radius 3 is 1.77 bits per heavy atom. The molecule has 0 radical (unpaired) electrons. The molecule has 290 valence electrons. The first-order valence-electron chi connectivity index (χ1n) is 18.9. The molecule has 2 amide bonds. The molecule has 5 atom stereocenters. The first-order valence-corrected chi connectivity index (χ1v) is 18.9. The number of ether oxygens (including phenoxy) is 5. The number of allylic oxidation sites excluding steroid dienone is 1. The van der Waals surface area contributed by atoms with Gasteiger partial charge in [-0.3, -0.25) is 14.4 Å². The van der Waals surface area contributed by atoms with Gasteiger partial charge in [-0.15, -0.1) is 0 Å². The first-order chi connectivity index (χ1) is 27.2. The van der Waals surface area contributed by atoms with E-state index in [9.17, 15) is 14.4 Å². The van der Waals surface area contributed by atoms with Crippen molar-refractivity contribution >= 4 is 35.3 Å². The van der Waals surface area contributed by atoms with Crippen molar-refractivity contribution in [2.45, 2.75) is 57.2 Å². The summed E-state index contributed by atoms with van der Waals surface area (Å²) in [6.45, 7) is 1.60. The van der Waals surface area contributed by atoms with Crippen LogP contribution in [0.5, 0.6) is 23.0 Å². The topological polar surface area (TPSA) is 116 Å². The van der Waals surface area contributed by atoms with Gasteiger partial charge in [-0.05, 0) is 122 Å². The van der Waals surface area contributed by atoms with Crippen LogP contribution in [-0.2, 0) is 19.1 Å². The Morgan fingerprint density at radius 1 is 0.696 bits per heavy atom. The van der Waals surface area contributed by atoms with Crippen molar-refractivity contribution in [3.63, 3.8) is 0 Å². The summed E-state index contributed by atoms with van der Waals surface area (Å²) in [5.74, 6) is 0.828. The molecule has 2 fully saturated rings. The smallest absolute Gasteiger partial charge is 0.312 e. The van der Waals surface area contributed by atoms with Crippen LogP contribution < -0.4 is 23.8 Å². The number of esters is 1. The Bertz CT molecular complexity index is 2100. The fraction of sp³-hybridized carbons (Fsp3) is 0.333. The Hall–Kier alpha value is -6.10. The van der Waals surface area contributed by atoms with E-state index in [2.05, 4.69) is 6.08 Å². The van der Waals surface area contributed by atoms with E-state index in [1.807, 2.05) is 60.7 Å². The fourth-order valence-electron chi connectivity index (χ4n) is 8.09. The number of carbonyl (C=O) groups is 3. The van der Waals surface area contributed by atoms with Gasteiger partial charge in [-0.2, -0.15) is 5.10 Å². The number of hydrazone groups is 1. The van der Waals surface area contributed by atoms with Crippen molar-refractivity contribution < 1.29 is 38.1 Å². The lowest BCUT2D eigenvalue weighted by atomic mass is 9.77. The molecule has 0 N–H and O–H groups in total. The Kier molecular flexibility index (Phi) is 11.4. The highest BCUT2D eigenvalue weighted by molar-refractivity contribution is 6.08. The van der Waals surface area contributed by atoms with Crippen LogP contribution in [0.1, 0.15) is 67.8 Å². The van der Waals surface area contributed by atoms with Crippen molar-refractivity contribution in [3.8, 4) is 23.0 Å². The summed E-state index contributed by atoms with van der Waals surface area (Å²) in [4.78, 5) is 44.2. The molecule has 7 rings (SSSR count). The molecule has 2 heterocycles. The predicted molar refractivity (Wildman–Crippen MR) is 213 cm³/mol. The number of anilines is 1. The number of amides is 2. The van der Waals surface area contributed by atoms with E-state index >= 15 is 0 Å². The van der Waals surface area contributed by atoms with Crippen molar-refractivity contribution in [3.05, 3.63) is 119 Å². The third-order valence-corrected chi connectivity index (χ3v) is 11.0. The number of piperidine rings is 1. The van der Waals surface area contributed by atoms with Crippen molar-refractivity contribution in [1.82, 2.24) is 5.01 Å². The molecule has 1 saturated heterocycles. The Morgan fingerprint density at radius 2 is 1.21 bits per heavy atom. The normalized spacial score (nSPS) is 21.8. The van der Waals surface area contributed by atoms with Crippen LogP contribution in [0.3, 0.4) is 0 Å². The van der Waals surface area contributed by atoms with Crippen molar-refractivity contribution in [1.29, 1.82) is 0 Å². The van der Waals surface area contributed by atoms with Gasteiger partial charge in [0, 0.05) is 18.0 Å². The second-order valence-corrected chi connectivity index (χ2v) is 14.2. The number of nitrogens with zero attached hydrogens (tertiary/aromatic N) is 3. The summed E-state index contributed by atoms with van der Waals surface area (Å²) < 4.78 is 27.6. The molecule has 5 unspecified atom stereocenters. The third-order valence-electron chi connectivity index (χ3n) is 11.0. The van der Waals surface area contributed by atoms with Crippen LogP contribution in [0.25, 0.3) is 6.08 Å². The molecule has 4 aromatic rings. The lowest BCUT2D eigenvalue weighted by Gasteiger charge is -2.40. The molecular weight excluding hydrogens is 711 g/mol. The summed E-state index contributed by atoms with van der Waals surface area (Å²) in [6, 6.07) is 28.9. The molecule has 3 aliphatic rings. The van der Waals surface area contributed by atoms with E-state index in [4.69, 9.17) is 28.8 Å². The van der Waals surface area contributed by atoms with Gasteiger partial charge in [0.15, 0.2) is 6.10 Å². The zero-order valence-electron chi connectivity index (χ0n) is 32.3. The van der Waals surface area contributed by atoms with E-state index < -0.39 is 36.0 Å². The van der Waals surface area contributed by atoms with Gasteiger partial charge in [-0.25, -0.2) is 5.01 Å². The third kappa shape index (κ3) is 7.71. The lowest BCUT2D eigenvalue weighted by molar-refractivity contribution is -0.165. The highest BCUT2D eigenvalue weighted by Crippen LogP contribution is 2.46. The molecule has 11 nitrogen and oxygen atoms in total. The van der Waals surface area contributed by atoms with Crippen LogP contribution >= 0.6 is 0 Å². The van der Waals surface area contributed by atoms with Crippen LogP contribution in [-0.4, -0.2) is 63.0 Å². The van der Waals surface area contributed by atoms with Crippen LogP contribution in [0.15, 0.2) is 108 Å². The number of hydrogen-bond donors (Lipinski definition) is 0. The molecule has 11 heteroatoms. The number of carbonyl (C=O) groups excluding carboxylic acids is 3. The highest BCUT2D eigenvalue weighted by atomic mass is 16.5. The van der Waals surface area contributed by atoms with Crippen LogP contribution in [0.2, 0.25) is 0 Å². The zero-order chi connectivity index (χ0) is 39.3. The fourth-order valence-corrected chi connectivity index (χ4v) is 8.09. The van der Waals surface area contributed by atoms with E-state index in [1.54, 1.807) is 76.7 Å². The standard InChI is InChI=1S/C45H47N3O8/c1-28(56-45(51)39-25-26-40(49)47(33-15-23-37(55-5)24-16-33)42(39)30-11-19-35(53-3)20-12-30)44(50)48-43(31-13-21-36(54-4)22-14-31)38-8-6-7-32(41(38)46-48)27-29-9-17-34(52-2)18-10-29/h9-24,27-28,38-39,42-43H,6-8,25-26H2,1-5H3/b32-27-. The number of methoxy groups -OCH3 is 4. The van der Waals surface area contributed by atoms with Gasteiger partial charge in [-0.1, -0.05) is 36.4 Å². The van der Waals surface area contributed by atoms with Gasteiger partial charge in [0.05, 0.1) is 52.2 Å². The molecule has 1 aliphatic carbocycles. The number of fused-ring (bicyclic) bond motifs is 1. The number of benzene rings is 4. The van der Waals surface area contributed by atoms with Crippen molar-refractivity contribution in [2.24, 2.45) is 16.9 Å². The maximum atomic E-state index is 14.6. The second kappa shape index (κ2) is 16.7. The van der Waals surface area contributed by atoms with E-state index in [0.717, 1.165) is 53.0 Å². The summed E-state index contributed by atoms with van der Waals surface area (Å²) >= 11 is 0. The zero-order valence-corrected chi connectivity index (χ0v) is 32.3. The molecular formula is C45H47N3O8. The highest BCUT2D eigenvalue weighted by Gasteiger charge is 2.47. The number of rotatable bonds is 11. The minimum atomic E-state index is -1.16. The molecule has 56 heavy (non-hydrogen) atoms. The Labute approximate surface area is 327 Å². The van der Waals surface area contributed by atoms with E-state index in [-0.39, 0.29) is 24.7 Å². The molecule has 2 aliphatic heterocycles. The van der Waals surface area contributed by atoms with Gasteiger partial charge in [0.1, 0.15) is 23.0 Å². The van der Waals surface area contributed by atoms with Crippen LogP contribution in [0.4, 0.5) is 5.69 Å². The SMILES string of the molecule is COc1ccc(/C=C2/CCCC3C2=NN(C(=O)C(C)OC(=O)C2CCC(=O)N(c4ccc(OC)cc4)C2c2ccc(OC)cc2)C3c2ccc(OC)cc2)cc1. The van der Waals surface area contributed by atoms with E-state index in [0.29, 0.717) is 22.9 Å². The molecule has 4 aromatic carbocycles. The van der Waals surface area contributed by atoms with E-state index in [1.165, 1.54) is 5.01 Å². The second-order valence-electron chi connectivity index (χ2n) is 14.2. The van der Waals surface area contributed by atoms with Gasteiger partial charge in [0.2, 0.25) is 5.91 Å². The minimum Gasteiger partial charge on any atom is -0.497 e. The van der Waals surface area contributed by atoms with Gasteiger partial charge < -0.3 is 28.6 Å². The predicted octanol–water partition coefficient (Wildman–Crippen LogP) is 7.96. The average molecular weight is 758 g/mol. The maximum absolute atomic E-state index is 14.6. The average Bonchev–Trinajstić information content (AvgIpc) is 3.64. The minimum absolute atomic E-state index is 0.0599. The summed E-state index contributed by atoms with van der Waals surface area (Å²) in [5.41, 5.74) is 5.21. The molecule has 0 bridgehead atoms. The first kappa shape index (κ1) is 38.2. The van der Waals surface area contributed by atoms with Gasteiger partial charge >= 0.3 is 5.97 Å². The largest absolute Gasteiger partial charge is 0.497 e. The summed E-state index contributed by atoms with van der Waals surface area (Å²) in [5, 5.41) is 6.54. The molecule has 0 spiro atoms. The quantitative estimate of drug-likeness (QED) is 0.142. The monoisotopic (exact) mass is 757 g/mol.